The van der Waals surface area contributed by atoms with Crippen LogP contribution in [0.15, 0.2) is 46.2 Å². The lowest BCUT2D eigenvalue weighted by Gasteiger charge is -2.38. The molecule has 0 atom stereocenters. The lowest BCUT2D eigenvalue weighted by molar-refractivity contribution is -0.138. The van der Waals surface area contributed by atoms with Crippen LogP contribution in [0.1, 0.15) is 17.7 Å². The molecule has 2 aliphatic rings. The van der Waals surface area contributed by atoms with Crippen molar-refractivity contribution in [3.63, 3.8) is 0 Å². The molecule has 2 fully saturated rings. The number of para-hydroxylation sites is 2. The number of piperidine rings is 1. The SMILES string of the molecule is O=C(C1CCN(c2nc3ccccc3o2)CC1)N1CCN(Cc2cccs2)CC1. The normalized spacial score (nSPS) is 19.2. The average molecular weight is 411 g/mol. The van der Waals surface area contributed by atoms with Gasteiger partial charge in [0.25, 0.3) is 6.01 Å². The molecule has 0 unspecified atom stereocenters. The zero-order chi connectivity index (χ0) is 19.6. The van der Waals surface area contributed by atoms with Crippen LogP contribution in [0.2, 0.25) is 0 Å². The topological polar surface area (TPSA) is 52.8 Å². The number of hydrogen-bond acceptors (Lipinski definition) is 6. The van der Waals surface area contributed by atoms with Gasteiger partial charge in [0.2, 0.25) is 5.91 Å². The number of anilines is 1. The lowest BCUT2D eigenvalue weighted by atomic mass is 9.95. The van der Waals surface area contributed by atoms with Gasteiger partial charge in [0.15, 0.2) is 5.58 Å². The van der Waals surface area contributed by atoms with Gasteiger partial charge in [-0.1, -0.05) is 18.2 Å². The Balaban J connectivity index is 1.12. The zero-order valence-electron chi connectivity index (χ0n) is 16.5. The number of benzene rings is 1. The summed E-state index contributed by atoms with van der Waals surface area (Å²) < 4.78 is 5.89. The minimum absolute atomic E-state index is 0.125. The van der Waals surface area contributed by atoms with E-state index in [-0.39, 0.29) is 5.92 Å². The minimum atomic E-state index is 0.125. The number of oxazole rings is 1. The molecule has 0 spiro atoms. The van der Waals surface area contributed by atoms with Crippen molar-refractivity contribution in [1.29, 1.82) is 0 Å². The van der Waals surface area contributed by atoms with Gasteiger partial charge < -0.3 is 14.2 Å². The number of aromatic nitrogens is 1. The highest BCUT2D eigenvalue weighted by atomic mass is 32.1. The monoisotopic (exact) mass is 410 g/mol. The van der Waals surface area contributed by atoms with E-state index in [0.717, 1.165) is 69.8 Å². The van der Waals surface area contributed by atoms with Crippen LogP contribution in [0, 0.1) is 5.92 Å². The Bertz CT molecular complexity index is 921. The average Bonchev–Trinajstić information content (AvgIpc) is 3.43. The molecule has 5 rings (SSSR count). The Morgan fingerprint density at radius 3 is 2.55 bits per heavy atom. The van der Waals surface area contributed by atoms with E-state index in [4.69, 9.17) is 4.42 Å². The standard InChI is InChI=1S/C22H26N4O2S/c27-21(25-13-11-24(12-14-25)16-18-4-3-15-29-18)17-7-9-26(10-8-17)22-23-19-5-1-2-6-20(19)28-22/h1-6,15,17H,7-14,16H2. The van der Waals surface area contributed by atoms with Gasteiger partial charge in [-0.15, -0.1) is 11.3 Å². The number of amides is 1. The smallest absolute Gasteiger partial charge is 0.298 e. The molecular weight excluding hydrogens is 384 g/mol. The number of hydrogen-bond donors (Lipinski definition) is 0. The Morgan fingerprint density at radius 1 is 1.03 bits per heavy atom. The summed E-state index contributed by atoms with van der Waals surface area (Å²) in [4.78, 5) is 25.7. The Labute approximate surface area is 174 Å². The summed E-state index contributed by atoms with van der Waals surface area (Å²) >= 11 is 1.81. The zero-order valence-corrected chi connectivity index (χ0v) is 17.3. The van der Waals surface area contributed by atoms with E-state index in [1.165, 1.54) is 4.88 Å². The summed E-state index contributed by atoms with van der Waals surface area (Å²) in [5.41, 5.74) is 1.71. The van der Waals surface area contributed by atoms with E-state index < -0.39 is 0 Å². The van der Waals surface area contributed by atoms with Crippen LogP contribution in [0.4, 0.5) is 6.01 Å². The summed E-state index contributed by atoms with van der Waals surface area (Å²) in [6.45, 7) is 6.26. The molecule has 4 heterocycles. The van der Waals surface area contributed by atoms with Crippen LogP contribution in [-0.2, 0) is 11.3 Å². The number of piperazine rings is 1. The van der Waals surface area contributed by atoms with E-state index in [0.29, 0.717) is 11.9 Å². The van der Waals surface area contributed by atoms with E-state index in [1.54, 1.807) is 11.3 Å². The Kier molecular flexibility index (Phi) is 5.24. The van der Waals surface area contributed by atoms with Crippen molar-refractivity contribution in [3.05, 3.63) is 46.7 Å². The van der Waals surface area contributed by atoms with Crippen LogP contribution in [0.5, 0.6) is 0 Å². The number of fused-ring (bicyclic) bond motifs is 1. The summed E-state index contributed by atoms with van der Waals surface area (Å²) in [5.74, 6) is 0.456. The third kappa shape index (κ3) is 4.02. The van der Waals surface area contributed by atoms with Crippen molar-refractivity contribution in [1.82, 2.24) is 14.8 Å². The highest BCUT2D eigenvalue weighted by molar-refractivity contribution is 7.09. The molecule has 1 amide bonds. The van der Waals surface area contributed by atoms with Gasteiger partial charge in [-0.25, -0.2) is 0 Å². The maximum absolute atomic E-state index is 13.0. The number of thiophene rings is 1. The van der Waals surface area contributed by atoms with Gasteiger partial charge in [0.05, 0.1) is 0 Å². The van der Waals surface area contributed by atoms with Crippen LogP contribution in [-0.4, -0.2) is 60.0 Å². The van der Waals surface area contributed by atoms with Gasteiger partial charge in [0.1, 0.15) is 5.52 Å². The van der Waals surface area contributed by atoms with Gasteiger partial charge in [-0.3, -0.25) is 9.69 Å². The Morgan fingerprint density at radius 2 is 1.83 bits per heavy atom. The molecule has 2 saturated heterocycles. The molecule has 0 N–H and O–H groups in total. The summed E-state index contributed by atoms with van der Waals surface area (Å²) in [5, 5.41) is 2.13. The molecule has 0 saturated carbocycles. The quantitative estimate of drug-likeness (QED) is 0.659. The summed E-state index contributed by atoms with van der Waals surface area (Å²) in [6.07, 6.45) is 1.74. The molecule has 1 aromatic carbocycles. The fourth-order valence-corrected chi connectivity index (χ4v) is 5.07. The van der Waals surface area contributed by atoms with Crippen LogP contribution >= 0.6 is 11.3 Å². The molecule has 152 valence electrons. The molecule has 0 bridgehead atoms. The molecule has 0 radical (unpaired) electrons. The predicted molar refractivity (Wildman–Crippen MR) is 115 cm³/mol. The number of carbonyl (C=O) groups is 1. The van der Waals surface area contributed by atoms with Crippen molar-refractivity contribution in [2.45, 2.75) is 19.4 Å². The first kappa shape index (κ1) is 18.6. The summed E-state index contributed by atoms with van der Waals surface area (Å²) in [7, 11) is 0. The fourth-order valence-electron chi connectivity index (χ4n) is 4.32. The molecule has 3 aromatic rings. The van der Waals surface area contributed by atoms with Gasteiger partial charge >= 0.3 is 0 Å². The van der Waals surface area contributed by atoms with Crippen LogP contribution in [0.25, 0.3) is 11.1 Å². The maximum Gasteiger partial charge on any atom is 0.298 e. The van der Waals surface area contributed by atoms with Gasteiger partial charge in [-0.05, 0) is 36.4 Å². The fraction of sp³-hybridized carbons (Fsp3) is 0.455. The molecule has 29 heavy (non-hydrogen) atoms. The van der Waals surface area contributed by atoms with Crippen molar-refractivity contribution in [2.24, 2.45) is 5.92 Å². The molecule has 2 aromatic heterocycles. The highest BCUT2D eigenvalue weighted by Crippen LogP contribution is 2.27. The lowest BCUT2D eigenvalue weighted by Crippen LogP contribution is -2.51. The minimum Gasteiger partial charge on any atom is -0.423 e. The second kappa shape index (κ2) is 8.16. The second-order valence-electron chi connectivity index (χ2n) is 7.91. The largest absolute Gasteiger partial charge is 0.423 e. The first-order chi connectivity index (χ1) is 14.3. The molecule has 2 aliphatic heterocycles. The molecule has 7 heteroatoms. The van der Waals surface area contributed by atoms with Crippen molar-refractivity contribution in [2.75, 3.05) is 44.2 Å². The van der Waals surface area contributed by atoms with E-state index in [9.17, 15) is 4.79 Å². The van der Waals surface area contributed by atoms with Crippen molar-refractivity contribution in [3.8, 4) is 0 Å². The van der Waals surface area contributed by atoms with E-state index >= 15 is 0 Å². The third-order valence-corrected chi connectivity index (χ3v) is 6.90. The Hall–Kier alpha value is -2.38. The summed E-state index contributed by atoms with van der Waals surface area (Å²) in [6, 6.07) is 12.8. The predicted octanol–water partition coefficient (Wildman–Crippen LogP) is 3.45. The van der Waals surface area contributed by atoms with Crippen LogP contribution < -0.4 is 4.90 Å². The van der Waals surface area contributed by atoms with Gasteiger partial charge in [-0.2, -0.15) is 4.98 Å². The molecule has 6 nitrogen and oxygen atoms in total. The number of nitrogens with zero attached hydrogens (tertiary/aromatic N) is 4. The number of rotatable bonds is 4. The van der Waals surface area contributed by atoms with Gasteiger partial charge in [0, 0.05) is 56.6 Å². The molecule has 0 aliphatic carbocycles. The second-order valence-corrected chi connectivity index (χ2v) is 8.94. The van der Waals surface area contributed by atoms with E-state index in [1.807, 2.05) is 24.3 Å². The highest BCUT2D eigenvalue weighted by Gasteiger charge is 2.31. The van der Waals surface area contributed by atoms with Crippen LogP contribution in [0.3, 0.4) is 0 Å². The number of carbonyl (C=O) groups excluding carboxylic acids is 1. The third-order valence-electron chi connectivity index (χ3n) is 6.04. The van der Waals surface area contributed by atoms with Crippen molar-refractivity contribution < 1.29 is 9.21 Å². The van der Waals surface area contributed by atoms with Crippen molar-refractivity contribution >= 4 is 34.4 Å². The first-order valence-corrected chi connectivity index (χ1v) is 11.3. The first-order valence-electron chi connectivity index (χ1n) is 10.4. The molecular formula is C22H26N4O2S. The van der Waals surface area contributed by atoms with E-state index in [2.05, 4.69) is 37.2 Å². The maximum atomic E-state index is 13.0.